The molecule has 0 aromatic heterocycles. The summed E-state index contributed by atoms with van der Waals surface area (Å²) >= 11 is 0. The molecule has 1 heteroatoms. The molecule has 0 aliphatic rings. The third kappa shape index (κ3) is 1.96. The summed E-state index contributed by atoms with van der Waals surface area (Å²) in [4.78, 5) is 0. The molecule has 0 amide bonds. The molecule has 2 N–H and O–H groups in total. The van der Waals surface area contributed by atoms with Crippen LogP contribution < -0.4 is 5.32 Å². The third-order valence-electron chi connectivity index (χ3n) is 0.289. The Morgan fingerprint density at radius 1 is 2.00 bits per heavy atom. The van der Waals surface area contributed by atoms with E-state index in [9.17, 15) is 0 Å². The number of nitrogens with two attached hydrogens (primary N) is 1. The summed E-state index contributed by atoms with van der Waals surface area (Å²) in [5, 5.41) is 1.88. The Morgan fingerprint density at radius 3 is 2.25 bits per heavy atom. The Labute approximate surface area is 27.0 Å². The summed E-state index contributed by atoms with van der Waals surface area (Å²) in [7, 11) is 3.48. The van der Waals surface area contributed by atoms with E-state index >= 15 is 0 Å². The number of hydrogen-bond donors (Lipinski definition) is 1. The second-order valence-corrected chi connectivity index (χ2v) is 0.697. The Morgan fingerprint density at radius 2 is 2.25 bits per heavy atom. The fourth-order valence-electron chi connectivity index (χ4n) is 0. The molecule has 0 unspecified atom stereocenters. The predicted molar refractivity (Wildman–Crippen MR) is 17.8 cm³/mol. The lowest BCUT2D eigenvalue weighted by Crippen LogP contribution is -2.76. The molecule has 0 aliphatic carbocycles. The van der Waals surface area contributed by atoms with Crippen LogP contribution in [0.4, 0.5) is 0 Å². The first kappa shape index (κ1) is 3.96. The first-order chi connectivity index (χ1) is 1.91. The molecule has 0 atom stereocenters. The van der Waals surface area contributed by atoms with Crippen molar-refractivity contribution in [2.75, 3.05) is 6.54 Å². The predicted octanol–water partition coefficient (Wildman–Crippen LogP) is -0.639. The van der Waals surface area contributed by atoms with Gasteiger partial charge in [-0.3, -0.25) is 0 Å². The van der Waals surface area contributed by atoms with Gasteiger partial charge in [0.15, 0.2) is 0 Å². The SMILES string of the molecule is [CH2][NH2+]CC. The van der Waals surface area contributed by atoms with E-state index < -0.39 is 0 Å². The first-order valence-corrected chi connectivity index (χ1v) is 1.52. The Kier molecular flexibility index (Phi) is 2.93. The van der Waals surface area contributed by atoms with Gasteiger partial charge >= 0.3 is 0 Å². The van der Waals surface area contributed by atoms with Crippen molar-refractivity contribution in [3.05, 3.63) is 7.05 Å². The van der Waals surface area contributed by atoms with Crippen molar-refractivity contribution in [3.8, 4) is 0 Å². The molecule has 4 heavy (non-hydrogen) atoms. The summed E-state index contributed by atoms with van der Waals surface area (Å²) in [6, 6.07) is 0. The van der Waals surface area contributed by atoms with Crippen molar-refractivity contribution in [1.82, 2.24) is 0 Å². The molecule has 0 saturated heterocycles. The number of hydrogen-bond acceptors (Lipinski definition) is 0. The molecule has 0 aromatic rings. The smallest absolute Gasteiger partial charge is 0.125 e. The number of quaternary nitrogens is 1. The van der Waals surface area contributed by atoms with E-state index in [-0.39, 0.29) is 0 Å². The topological polar surface area (TPSA) is 16.6 Å². The van der Waals surface area contributed by atoms with Crippen LogP contribution >= 0.6 is 0 Å². The van der Waals surface area contributed by atoms with Crippen LogP contribution in [-0.4, -0.2) is 6.54 Å². The van der Waals surface area contributed by atoms with E-state index in [0.717, 1.165) is 6.54 Å². The van der Waals surface area contributed by atoms with Gasteiger partial charge in [-0.25, -0.2) is 0 Å². The molecule has 0 saturated carbocycles. The molecule has 0 spiro atoms. The summed E-state index contributed by atoms with van der Waals surface area (Å²) in [5.41, 5.74) is 0. The molecule has 0 heterocycles. The Bertz CT molecular complexity index is 5.25. The van der Waals surface area contributed by atoms with Gasteiger partial charge < -0.3 is 5.32 Å². The minimum atomic E-state index is 1.08. The lowest BCUT2D eigenvalue weighted by molar-refractivity contribution is -0.591. The van der Waals surface area contributed by atoms with Crippen LogP contribution in [0.25, 0.3) is 0 Å². The van der Waals surface area contributed by atoms with Crippen molar-refractivity contribution in [2.24, 2.45) is 0 Å². The molecule has 25 valence electrons. The van der Waals surface area contributed by atoms with E-state index in [2.05, 4.69) is 14.0 Å². The highest BCUT2D eigenvalue weighted by atomic mass is 14.8. The lowest BCUT2D eigenvalue weighted by Gasteiger charge is -1.72. The second-order valence-electron chi connectivity index (χ2n) is 0.697. The summed E-state index contributed by atoms with van der Waals surface area (Å²) < 4.78 is 0. The molecule has 0 aromatic carbocycles. The molecule has 1 nitrogen and oxygen atoms in total. The van der Waals surface area contributed by atoms with E-state index in [1.54, 1.807) is 0 Å². The largest absolute Gasteiger partial charge is 0.342 e. The van der Waals surface area contributed by atoms with Crippen LogP contribution in [-0.2, 0) is 0 Å². The van der Waals surface area contributed by atoms with Gasteiger partial charge in [0.1, 0.15) is 7.05 Å². The van der Waals surface area contributed by atoms with Gasteiger partial charge in [0.05, 0.1) is 6.54 Å². The standard InChI is InChI=1S/C3H9N/c1-3-4-2/h2-4H2,1H3/q+1. The van der Waals surface area contributed by atoms with E-state index in [0.29, 0.717) is 0 Å². The normalized spacial score (nSPS) is 7.50. The highest BCUT2D eigenvalue weighted by Crippen LogP contribution is 1.20. The first-order valence-electron chi connectivity index (χ1n) is 1.52. The fraction of sp³-hybridized carbons (Fsp3) is 0.667. The van der Waals surface area contributed by atoms with Gasteiger partial charge in [0.2, 0.25) is 0 Å². The fourth-order valence-corrected chi connectivity index (χ4v) is 0. The monoisotopic (exact) mass is 59.1 g/mol. The van der Waals surface area contributed by atoms with Crippen LogP contribution in [0, 0.1) is 7.05 Å². The minimum Gasteiger partial charge on any atom is -0.342 e. The zero-order valence-corrected chi connectivity index (χ0v) is 2.99. The van der Waals surface area contributed by atoms with Gasteiger partial charge in [-0.2, -0.15) is 0 Å². The van der Waals surface area contributed by atoms with Crippen LogP contribution in [0.15, 0.2) is 0 Å². The molecular weight excluding hydrogens is 50.0 g/mol. The molecular formula is C3H9N+. The molecule has 0 fully saturated rings. The average molecular weight is 59.1 g/mol. The van der Waals surface area contributed by atoms with Crippen LogP contribution in [0.5, 0.6) is 0 Å². The van der Waals surface area contributed by atoms with Crippen molar-refractivity contribution in [2.45, 2.75) is 6.92 Å². The molecule has 0 bridgehead atoms. The summed E-state index contributed by atoms with van der Waals surface area (Å²) in [6.45, 7) is 3.15. The van der Waals surface area contributed by atoms with E-state index in [4.69, 9.17) is 0 Å². The lowest BCUT2D eigenvalue weighted by atomic mass is 10.8. The van der Waals surface area contributed by atoms with Crippen molar-refractivity contribution in [1.29, 1.82) is 0 Å². The van der Waals surface area contributed by atoms with E-state index in [1.807, 2.05) is 5.32 Å². The maximum atomic E-state index is 3.48. The van der Waals surface area contributed by atoms with Crippen LogP contribution in [0.3, 0.4) is 0 Å². The molecule has 1 radical (unpaired) electrons. The van der Waals surface area contributed by atoms with Crippen LogP contribution in [0.1, 0.15) is 6.92 Å². The summed E-state index contributed by atoms with van der Waals surface area (Å²) in [5.74, 6) is 0. The third-order valence-corrected chi connectivity index (χ3v) is 0.289. The van der Waals surface area contributed by atoms with Crippen molar-refractivity contribution in [3.63, 3.8) is 0 Å². The van der Waals surface area contributed by atoms with Crippen molar-refractivity contribution >= 4 is 0 Å². The second kappa shape index (κ2) is 2.96. The quantitative estimate of drug-likeness (QED) is 0.414. The Hall–Kier alpha value is -0.0400. The van der Waals surface area contributed by atoms with Gasteiger partial charge in [0, 0.05) is 0 Å². The maximum Gasteiger partial charge on any atom is 0.125 e. The van der Waals surface area contributed by atoms with Crippen LogP contribution in [0.2, 0.25) is 0 Å². The van der Waals surface area contributed by atoms with Gasteiger partial charge in [-0.15, -0.1) is 0 Å². The average Bonchev–Trinajstić information content (AvgIpc) is 1.37. The van der Waals surface area contributed by atoms with Gasteiger partial charge in [-0.05, 0) is 6.92 Å². The van der Waals surface area contributed by atoms with Gasteiger partial charge in [0.25, 0.3) is 0 Å². The summed E-state index contributed by atoms with van der Waals surface area (Å²) in [6.07, 6.45) is 0. The number of rotatable bonds is 1. The molecule has 0 aliphatic heterocycles. The zero-order chi connectivity index (χ0) is 3.41. The maximum absolute atomic E-state index is 3.48. The zero-order valence-electron chi connectivity index (χ0n) is 2.99. The highest BCUT2D eigenvalue weighted by molar-refractivity contribution is 3.90. The molecule has 0 rings (SSSR count). The van der Waals surface area contributed by atoms with E-state index in [1.165, 1.54) is 0 Å². The highest BCUT2D eigenvalue weighted by Gasteiger charge is 1.55. The van der Waals surface area contributed by atoms with Crippen molar-refractivity contribution < 1.29 is 5.32 Å². The minimum absolute atomic E-state index is 1.08. The van der Waals surface area contributed by atoms with Gasteiger partial charge in [-0.1, -0.05) is 0 Å². The Balaban J connectivity index is 1.97.